The van der Waals surface area contributed by atoms with Gasteiger partial charge in [0.25, 0.3) is 0 Å². The van der Waals surface area contributed by atoms with Crippen molar-refractivity contribution in [2.75, 3.05) is 7.11 Å². The molecule has 0 fully saturated rings. The van der Waals surface area contributed by atoms with Crippen molar-refractivity contribution in [3.63, 3.8) is 0 Å². The summed E-state index contributed by atoms with van der Waals surface area (Å²) >= 11 is -1.38. The first kappa shape index (κ1) is 9.38. The summed E-state index contributed by atoms with van der Waals surface area (Å²) in [6.45, 7) is -0.000102. The molecule has 0 radical (unpaired) electrons. The van der Waals surface area contributed by atoms with Gasteiger partial charge in [0.05, 0.1) is 18.6 Å². The lowest BCUT2D eigenvalue weighted by Crippen LogP contribution is -1.93. The molecule has 0 aromatic heterocycles. The van der Waals surface area contributed by atoms with Crippen LogP contribution in [0.3, 0.4) is 0 Å². The third kappa shape index (κ3) is 2.14. The molecule has 0 heterocycles. The Bertz CT molecular complexity index is 268. The Morgan fingerprint density at radius 1 is 1.42 bits per heavy atom. The highest BCUT2D eigenvalue weighted by molar-refractivity contribution is 7.80. The summed E-state index contributed by atoms with van der Waals surface area (Å²) in [5.74, 6) is 0. The fourth-order valence-corrected chi connectivity index (χ4v) is 1.35. The summed E-state index contributed by atoms with van der Waals surface area (Å²) in [5.41, 5.74) is 0.798. The summed E-state index contributed by atoms with van der Waals surface area (Å²) in [6, 6.07) is 6.77. The van der Waals surface area contributed by atoms with E-state index in [4.69, 9.17) is 5.11 Å². The number of hydrogen-bond donors (Lipinski definition) is 1. The maximum atomic E-state index is 11.0. The molecule has 0 amide bonds. The molecule has 4 heteroatoms. The van der Waals surface area contributed by atoms with Crippen molar-refractivity contribution in [3.8, 4) is 0 Å². The Labute approximate surface area is 73.7 Å². The van der Waals surface area contributed by atoms with Crippen LogP contribution in [0, 0.1) is 0 Å². The van der Waals surface area contributed by atoms with E-state index >= 15 is 0 Å². The molecule has 0 bridgehead atoms. The van der Waals surface area contributed by atoms with E-state index < -0.39 is 11.1 Å². The summed E-state index contributed by atoms with van der Waals surface area (Å²) < 4.78 is 15.7. The average molecular weight is 186 g/mol. The Kier molecular flexibility index (Phi) is 3.40. The fraction of sp³-hybridized carbons (Fsp3) is 0.250. The van der Waals surface area contributed by atoms with Crippen LogP contribution in [-0.4, -0.2) is 16.4 Å². The number of rotatable bonds is 3. The van der Waals surface area contributed by atoms with Crippen LogP contribution >= 0.6 is 0 Å². The smallest absolute Gasteiger partial charge is 0.188 e. The second-order valence-electron chi connectivity index (χ2n) is 2.20. The summed E-state index contributed by atoms with van der Waals surface area (Å²) in [4.78, 5) is 0.606. The number of benzene rings is 1. The van der Waals surface area contributed by atoms with E-state index in [-0.39, 0.29) is 6.61 Å². The van der Waals surface area contributed by atoms with Gasteiger partial charge in [0.2, 0.25) is 0 Å². The topological polar surface area (TPSA) is 46.5 Å². The molecule has 0 aliphatic carbocycles. The molecule has 1 aromatic carbocycles. The number of aliphatic hydroxyl groups is 1. The van der Waals surface area contributed by atoms with Gasteiger partial charge in [-0.15, -0.1) is 0 Å². The van der Waals surface area contributed by atoms with Crippen LogP contribution in [0.2, 0.25) is 0 Å². The number of aliphatic hydroxyl groups excluding tert-OH is 1. The maximum Gasteiger partial charge on any atom is 0.188 e. The first-order valence-electron chi connectivity index (χ1n) is 3.44. The molecule has 1 N–H and O–H groups in total. The molecule has 0 aliphatic heterocycles. The van der Waals surface area contributed by atoms with E-state index in [0.717, 1.165) is 5.56 Å². The zero-order valence-electron chi connectivity index (χ0n) is 6.69. The molecular formula is C8H10O3S. The minimum Gasteiger partial charge on any atom is -0.392 e. The molecule has 0 saturated carbocycles. The van der Waals surface area contributed by atoms with Gasteiger partial charge in [0.1, 0.15) is 0 Å². The van der Waals surface area contributed by atoms with Gasteiger partial charge in [-0.25, -0.2) is 4.21 Å². The predicted octanol–water partition coefficient (Wildman–Crippen LogP) is 0.848. The van der Waals surface area contributed by atoms with Gasteiger partial charge in [-0.05, 0) is 17.7 Å². The molecule has 0 saturated heterocycles. The normalized spacial score (nSPS) is 12.8. The second kappa shape index (κ2) is 4.35. The summed E-state index contributed by atoms with van der Waals surface area (Å²) in [5, 5.41) is 8.72. The first-order valence-corrected chi connectivity index (χ1v) is 4.51. The van der Waals surface area contributed by atoms with Gasteiger partial charge >= 0.3 is 0 Å². The quantitative estimate of drug-likeness (QED) is 0.761. The van der Waals surface area contributed by atoms with Crippen LogP contribution in [0.25, 0.3) is 0 Å². The van der Waals surface area contributed by atoms with Crippen molar-refractivity contribution in [1.82, 2.24) is 0 Å². The maximum absolute atomic E-state index is 11.0. The zero-order chi connectivity index (χ0) is 8.97. The molecule has 1 aromatic rings. The first-order chi connectivity index (χ1) is 5.77. The molecule has 0 aliphatic rings. The molecule has 1 unspecified atom stereocenters. The monoisotopic (exact) mass is 186 g/mol. The van der Waals surface area contributed by atoms with Gasteiger partial charge in [-0.3, -0.25) is 4.18 Å². The van der Waals surface area contributed by atoms with E-state index in [1.807, 2.05) is 0 Å². The van der Waals surface area contributed by atoms with Gasteiger partial charge < -0.3 is 5.11 Å². The molecule has 3 nitrogen and oxygen atoms in total. The lowest BCUT2D eigenvalue weighted by molar-refractivity contribution is 0.281. The Balaban J connectivity index is 2.84. The Morgan fingerprint density at radius 3 is 2.42 bits per heavy atom. The lowest BCUT2D eigenvalue weighted by Gasteiger charge is -1.99. The van der Waals surface area contributed by atoms with E-state index in [9.17, 15) is 4.21 Å². The van der Waals surface area contributed by atoms with Gasteiger partial charge in [-0.2, -0.15) is 0 Å². The van der Waals surface area contributed by atoms with Crippen LogP contribution in [-0.2, 0) is 21.9 Å². The van der Waals surface area contributed by atoms with E-state index in [0.29, 0.717) is 4.90 Å². The SMILES string of the molecule is COS(=O)c1ccc(CO)cc1. The van der Waals surface area contributed by atoms with Crippen molar-refractivity contribution < 1.29 is 13.5 Å². The third-order valence-corrected chi connectivity index (χ3v) is 2.41. The minimum absolute atomic E-state index is 0.000102. The van der Waals surface area contributed by atoms with Crippen LogP contribution in [0.5, 0.6) is 0 Å². The molecular weight excluding hydrogens is 176 g/mol. The molecule has 1 atom stereocenters. The van der Waals surface area contributed by atoms with E-state index in [1.54, 1.807) is 24.3 Å². The van der Waals surface area contributed by atoms with E-state index in [2.05, 4.69) is 4.18 Å². The average Bonchev–Trinajstić information content (AvgIpc) is 2.17. The zero-order valence-corrected chi connectivity index (χ0v) is 7.50. The minimum atomic E-state index is -1.38. The highest BCUT2D eigenvalue weighted by Gasteiger charge is 2.00. The molecule has 1 rings (SSSR count). The van der Waals surface area contributed by atoms with Crippen molar-refractivity contribution in [2.45, 2.75) is 11.5 Å². The lowest BCUT2D eigenvalue weighted by atomic mass is 10.2. The van der Waals surface area contributed by atoms with E-state index in [1.165, 1.54) is 7.11 Å². The van der Waals surface area contributed by atoms with Crippen LogP contribution < -0.4 is 0 Å². The van der Waals surface area contributed by atoms with Crippen LogP contribution in [0.1, 0.15) is 5.56 Å². The highest BCUT2D eigenvalue weighted by atomic mass is 32.2. The van der Waals surface area contributed by atoms with Gasteiger partial charge in [0, 0.05) is 0 Å². The van der Waals surface area contributed by atoms with Crippen molar-refractivity contribution in [3.05, 3.63) is 29.8 Å². The molecule has 12 heavy (non-hydrogen) atoms. The summed E-state index contributed by atoms with van der Waals surface area (Å²) in [6.07, 6.45) is 0. The van der Waals surface area contributed by atoms with Crippen molar-refractivity contribution in [2.24, 2.45) is 0 Å². The van der Waals surface area contributed by atoms with Crippen LogP contribution in [0.4, 0.5) is 0 Å². The fourth-order valence-electron chi connectivity index (χ4n) is 0.802. The predicted molar refractivity (Wildman–Crippen MR) is 45.8 cm³/mol. The Hall–Kier alpha value is -0.710. The van der Waals surface area contributed by atoms with Crippen molar-refractivity contribution >= 4 is 11.1 Å². The molecule has 0 spiro atoms. The second-order valence-corrected chi connectivity index (χ2v) is 3.48. The number of hydrogen-bond acceptors (Lipinski definition) is 3. The van der Waals surface area contributed by atoms with Crippen molar-refractivity contribution in [1.29, 1.82) is 0 Å². The highest BCUT2D eigenvalue weighted by Crippen LogP contribution is 2.08. The van der Waals surface area contributed by atoms with Crippen LogP contribution in [0.15, 0.2) is 29.2 Å². The standard InChI is InChI=1S/C8H10O3S/c1-11-12(10)8-4-2-7(6-9)3-5-8/h2-5,9H,6H2,1H3. The van der Waals surface area contributed by atoms with Gasteiger partial charge in [0.15, 0.2) is 11.1 Å². The largest absolute Gasteiger partial charge is 0.392 e. The Morgan fingerprint density at radius 2 is 2.00 bits per heavy atom. The van der Waals surface area contributed by atoms with Gasteiger partial charge in [-0.1, -0.05) is 12.1 Å². The molecule has 66 valence electrons. The third-order valence-electron chi connectivity index (χ3n) is 1.45. The summed E-state index contributed by atoms with van der Waals surface area (Å²) in [7, 11) is 1.38.